The predicted molar refractivity (Wildman–Crippen MR) is 134 cm³/mol. The van der Waals surface area contributed by atoms with Gasteiger partial charge in [0.05, 0.1) is 24.9 Å². The number of β-amino-alcohol motifs (C(OH)–C–C–N with tert-alkyl or cyclic N) is 1. The Hall–Kier alpha value is -3.34. The lowest BCUT2D eigenvalue weighted by molar-refractivity contribution is -0.130. The van der Waals surface area contributed by atoms with Crippen molar-refractivity contribution in [1.82, 2.24) is 24.8 Å². The van der Waals surface area contributed by atoms with Crippen LogP contribution < -0.4 is 11.1 Å². The van der Waals surface area contributed by atoms with E-state index < -0.39 is 17.7 Å². The number of likely N-dealkylation sites (tertiary alicyclic amines) is 1. The van der Waals surface area contributed by atoms with Crippen LogP contribution >= 0.6 is 0 Å². The largest absolute Gasteiger partial charge is 0.391 e. The summed E-state index contributed by atoms with van der Waals surface area (Å²) in [6.07, 6.45) is 0.912. The van der Waals surface area contributed by atoms with E-state index in [0.29, 0.717) is 50.4 Å². The highest BCUT2D eigenvalue weighted by Gasteiger charge is 2.29. The number of pyridine rings is 1. The smallest absolute Gasteiger partial charge is 0.240 e. The lowest BCUT2D eigenvalue weighted by Gasteiger charge is -2.24. The predicted octanol–water partition coefficient (Wildman–Crippen LogP) is 1.37. The van der Waals surface area contributed by atoms with E-state index in [-0.39, 0.29) is 18.4 Å². The van der Waals surface area contributed by atoms with Crippen molar-refractivity contribution in [2.24, 2.45) is 5.73 Å². The van der Waals surface area contributed by atoms with Crippen molar-refractivity contribution in [3.63, 3.8) is 0 Å². The fourth-order valence-electron chi connectivity index (χ4n) is 4.21. The van der Waals surface area contributed by atoms with Crippen molar-refractivity contribution in [2.45, 2.75) is 57.4 Å². The second-order valence-corrected chi connectivity index (χ2v) is 9.80. The van der Waals surface area contributed by atoms with Crippen LogP contribution in [0.15, 0.2) is 48.5 Å². The molecule has 3 aromatic rings. The van der Waals surface area contributed by atoms with Crippen LogP contribution in [0, 0.1) is 0 Å². The van der Waals surface area contributed by atoms with Crippen molar-refractivity contribution < 1.29 is 19.4 Å². The van der Waals surface area contributed by atoms with Gasteiger partial charge in [0.25, 0.3) is 0 Å². The molecule has 0 bridgehead atoms. The fraction of sp³-hybridized carbons (Fsp3) is 0.462. The maximum atomic E-state index is 12.8. The summed E-state index contributed by atoms with van der Waals surface area (Å²) in [7, 11) is 0. The number of hydrogen-bond acceptors (Lipinski definition) is 7. The van der Waals surface area contributed by atoms with Gasteiger partial charge in [0.2, 0.25) is 11.8 Å². The zero-order valence-corrected chi connectivity index (χ0v) is 20.8. The average molecular weight is 495 g/mol. The van der Waals surface area contributed by atoms with Crippen LogP contribution in [0.5, 0.6) is 0 Å². The molecule has 0 radical (unpaired) electrons. The summed E-state index contributed by atoms with van der Waals surface area (Å²) >= 11 is 0. The van der Waals surface area contributed by atoms with Crippen LogP contribution in [0.3, 0.4) is 0 Å². The summed E-state index contributed by atoms with van der Waals surface area (Å²) in [4.78, 5) is 27.2. The molecule has 4 N–H and O–H groups in total. The van der Waals surface area contributed by atoms with Gasteiger partial charge >= 0.3 is 0 Å². The number of rotatable bonds is 10. The summed E-state index contributed by atoms with van der Waals surface area (Å²) in [5, 5.41) is 21.4. The average Bonchev–Trinajstić information content (AvgIpc) is 3.48. The number of nitrogens with zero attached hydrogens (tertiary/aromatic N) is 4. The maximum Gasteiger partial charge on any atom is 0.240 e. The molecule has 1 aromatic carbocycles. The highest BCUT2D eigenvalue weighted by Crippen LogP contribution is 2.19. The number of carbonyl (C=O) groups is 2. The summed E-state index contributed by atoms with van der Waals surface area (Å²) in [5.74, 6) is 0.169. The van der Waals surface area contributed by atoms with Crippen LogP contribution in [-0.2, 0) is 27.4 Å². The van der Waals surface area contributed by atoms with Gasteiger partial charge in [0.15, 0.2) is 11.5 Å². The molecule has 0 aliphatic carbocycles. The van der Waals surface area contributed by atoms with Crippen molar-refractivity contribution in [3.05, 3.63) is 65.6 Å². The van der Waals surface area contributed by atoms with E-state index in [1.807, 2.05) is 52.9 Å². The number of hydrogen-bond donors (Lipinski definition) is 3. The molecule has 2 atom stereocenters. The molecule has 0 saturated carbocycles. The summed E-state index contributed by atoms with van der Waals surface area (Å²) in [6.45, 7) is 4.76. The molecule has 0 spiro atoms. The topological polar surface area (TPSA) is 135 Å². The van der Waals surface area contributed by atoms with E-state index >= 15 is 0 Å². The Morgan fingerprint density at radius 3 is 2.67 bits per heavy atom. The Morgan fingerprint density at radius 2 is 1.97 bits per heavy atom. The van der Waals surface area contributed by atoms with Crippen LogP contribution in [0.4, 0.5) is 0 Å². The molecule has 4 rings (SSSR count). The minimum atomic E-state index is -1.09. The van der Waals surface area contributed by atoms with Crippen LogP contribution in [0.25, 0.3) is 5.65 Å². The number of aliphatic hydroxyl groups excluding tert-OH is 1. The summed E-state index contributed by atoms with van der Waals surface area (Å²) in [6, 6.07) is 14.8. The third kappa shape index (κ3) is 6.26. The number of aliphatic hydroxyl groups is 1. The van der Waals surface area contributed by atoms with E-state index in [2.05, 4.69) is 15.5 Å². The Morgan fingerprint density at radius 1 is 1.19 bits per heavy atom. The van der Waals surface area contributed by atoms with Gasteiger partial charge in [-0.05, 0) is 44.4 Å². The van der Waals surface area contributed by atoms with E-state index in [0.717, 1.165) is 11.3 Å². The first kappa shape index (κ1) is 25.7. The van der Waals surface area contributed by atoms with Gasteiger partial charge in [-0.25, -0.2) is 0 Å². The van der Waals surface area contributed by atoms with E-state index in [1.54, 1.807) is 18.7 Å². The molecule has 1 fully saturated rings. The number of amides is 2. The molecule has 0 unspecified atom stereocenters. The second-order valence-electron chi connectivity index (χ2n) is 9.80. The highest BCUT2D eigenvalue weighted by molar-refractivity contribution is 5.85. The molecule has 192 valence electrons. The van der Waals surface area contributed by atoms with Crippen molar-refractivity contribution in [3.8, 4) is 0 Å². The van der Waals surface area contributed by atoms with E-state index in [9.17, 15) is 14.7 Å². The van der Waals surface area contributed by atoms with Gasteiger partial charge in [-0.1, -0.05) is 36.4 Å². The van der Waals surface area contributed by atoms with Gasteiger partial charge in [0.1, 0.15) is 6.04 Å². The molecule has 2 aromatic heterocycles. The first-order valence-electron chi connectivity index (χ1n) is 12.2. The zero-order valence-electron chi connectivity index (χ0n) is 20.8. The number of nitrogens with two attached hydrogens (primary N) is 1. The summed E-state index contributed by atoms with van der Waals surface area (Å²) < 4.78 is 7.83. The lowest BCUT2D eigenvalue weighted by Crippen LogP contribution is -2.51. The van der Waals surface area contributed by atoms with Gasteiger partial charge in [0, 0.05) is 25.2 Å². The van der Waals surface area contributed by atoms with Crippen molar-refractivity contribution in [1.29, 1.82) is 0 Å². The van der Waals surface area contributed by atoms with E-state index in [4.69, 9.17) is 10.5 Å². The van der Waals surface area contributed by atoms with Gasteiger partial charge in [-0.3, -0.25) is 14.0 Å². The molecule has 10 nitrogen and oxygen atoms in total. The number of fused-ring (bicyclic) bond motifs is 1. The zero-order chi connectivity index (χ0) is 25.7. The number of carbonyl (C=O) groups excluding carboxylic acids is 2. The number of benzene rings is 1. The van der Waals surface area contributed by atoms with E-state index in [1.165, 1.54) is 0 Å². The van der Waals surface area contributed by atoms with Crippen molar-refractivity contribution >= 4 is 17.5 Å². The second kappa shape index (κ2) is 11.2. The number of ether oxygens (including phenoxy) is 1. The highest BCUT2D eigenvalue weighted by atomic mass is 16.5. The molecule has 1 aliphatic heterocycles. The molecular weight excluding hydrogens is 460 g/mol. The fourth-order valence-corrected chi connectivity index (χ4v) is 4.21. The summed E-state index contributed by atoms with van der Waals surface area (Å²) in [5.41, 5.74) is 7.42. The molecule has 1 saturated heterocycles. The quantitative estimate of drug-likeness (QED) is 0.387. The Balaban J connectivity index is 1.55. The standard InChI is InChI=1S/C26H34N6O4/c1-26(2,27)25(35)28-21(17-36-16-18-7-4-3-5-8-18)24-30-29-22-10-6-9-19(32(22)24)11-12-23(34)31-14-13-20(33)15-31/h3-10,20-21,33H,11-17,27H2,1-2H3,(H,28,35)/t20-,21-/m1/s1. The Kier molecular flexibility index (Phi) is 7.97. The number of nitrogens with one attached hydrogen (secondary N) is 1. The molecule has 36 heavy (non-hydrogen) atoms. The molecule has 2 amide bonds. The third-order valence-electron chi connectivity index (χ3n) is 6.24. The molecule has 10 heteroatoms. The van der Waals surface area contributed by atoms with Gasteiger partial charge in [-0.2, -0.15) is 0 Å². The van der Waals surface area contributed by atoms with Crippen LogP contribution in [0.2, 0.25) is 0 Å². The molecule has 3 heterocycles. The normalized spacial score (nSPS) is 16.9. The van der Waals surface area contributed by atoms with Crippen LogP contribution in [0.1, 0.15) is 49.8 Å². The van der Waals surface area contributed by atoms with Crippen molar-refractivity contribution in [2.75, 3.05) is 19.7 Å². The monoisotopic (exact) mass is 494 g/mol. The molecular formula is C26H34N6O4. The SMILES string of the molecule is CC(C)(N)C(=O)N[C@H](COCc1ccccc1)c1nnc2cccc(CCC(=O)N3CC[C@@H](O)C3)n12. The Bertz CT molecular complexity index is 1190. The number of aromatic nitrogens is 3. The van der Waals surface area contributed by atoms with Gasteiger partial charge < -0.3 is 25.8 Å². The van der Waals surface area contributed by atoms with Crippen LogP contribution in [-0.4, -0.2) is 67.8 Å². The Labute approximate surface area is 210 Å². The molecule has 1 aliphatic rings. The van der Waals surface area contributed by atoms with Gasteiger partial charge in [-0.15, -0.1) is 10.2 Å². The number of aryl methyl sites for hydroxylation is 1. The first-order valence-corrected chi connectivity index (χ1v) is 12.2. The lowest BCUT2D eigenvalue weighted by atomic mass is 10.1. The minimum absolute atomic E-state index is 0.000828. The third-order valence-corrected chi connectivity index (χ3v) is 6.24. The minimum Gasteiger partial charge on any atom is -0.391 e. The maximum absolute atomic E-state index is 12.8. The first-order chi connectivity index (χ1) is 17.2.